The Morgan fingerprint density at radius 1 is 0.964 bits per heavy atom. The van der Waals surface area contributed by atoms with Crippen LogP contribution in [0.25, 0.3) is 0 Å². The first-order valence-corrected chi connectivity index (χ1v) is 11.2. The normalized spacial score (nSPS) is 28.7. The lowest BCUT2D eigenvalue weighted by Gasteiger charge is -2.63. The van der Waals surface area contributed by atoms with Gasteiger partial charge in [-0.3, -0.25) is 4.90 Å². The number of halogens is 2. The van der Waals surface area contributed by atoms with Gasteiger partial charge in [-0.05, 0) is 85.0 Å². The van der Waals surface area contributed by atoms with Crippen LogP contribution in [-0.2, 0) is 9.47 Å². The number of rotatable bonds is 8. The monoisotopic (exact) mass is 401 g/mol. The van der Waals surface area contributed by atoms with E-state index in [0.29, 0.717) is 18.4 Å². The van der Waals surface area contributed by atoms with E-state index in [9.17, 15) is 8.78 Å². The van der Waals surface area contributed by atoms with Crippen molar-refractivity contribution < 1.29 is 18.3 Å². The van der Waals surface area contributed by atoms with Crippen LogP contribution in [0.15, 0.2) is 0 Å². The van der Waals surface area contributed by atoms with Gasteiger partial charge in [0.2, 0.25) is 5.92 Å². The number of hydrogen-bond donors (Lipinski definition) is 0. The predicted molar refractivity (Wildman–Crippen MR) is 109 cm³/mol. The summed E-state index contributed by atoms with van der Waals surface area (Å²) in [6.07, 6.45) is 4.69. The van der Waals surface area contributed by atoms with Crippen LogP contribution in [0.3, 0.4) is 0 Å². The van der Waals surface area contributed by atoms with Crippen molar-refractivity contribution in [2.45, 2.75) is 116 Å². The molecular formula is C23H41F2NO2. The fourth-order valence-electron chi connectivity index (χ4n) is 5.16. The maximum absolute atomic E-state index is 14.3. The first-order chi connectivity index (χ1) is 12.8. The minimum absolute atomic E-state index is 0.0424. The molecule has 0 aromatic carbocycles. The summed E-state index contributed by atoms with van der Waals surface area (Å²) in [6, 6.07) is 0. The number of ether oxygens (including phenoxy) is 2. The second-order valence-corrected chi connectivity index (χ2v) is 11.8. The zero-order chi connectivity index (χ0) is 20.8. The van der Waals surface area contributed by atoms with Crippen molar-refractivity contribution in [2.75, 3.05) is 19.7 Å². The van der Waals surface area contributed by atoms with Crippen molar-refractivity contribution in [1.82, 2.24) is 4.90 Å². The second kappa shape index (κ2) is 7.77. The molecule has 1 saturated heterocycles. The van der Waals surface area contributed by atoms with Gasteiger partial charge in [0.05, 0.1) is 17.8 Å². The van der Waals surface area contributed by atoms with Gasteiger partial charge in [-0.15, -0.1) is 0 Å². The van der Waals surface area contributed by atoms with Crippen molar-refractivity contribution in [1.29, 1.82) is 0 Å². The Labute approximate surface area is 170 Å². The third-order valence-corrected chi connectivity index (χ3v) is 6.64. The molecule has 0 aromatic heterocycles. The van der Waals surface area contributed by atoms with E-state index in [-0.39, 0.29) is 42.1 Å². The van der Waals surface area contributed by atoms with E-state index in [2.05, 4.69) is 46.4 Å². The van der Waals surface area contributed by atoms with E-state index in [0.717, 1.165) is 38.8 Å². The molecule has 1 heterocycles. The molecule has 0 bridgehead atoms. The average molecular weight is 402 g/mol. The molecule has 1 spiro atoms. The summed E-state index contributed by atoms with van der Waals surface area (Å²) in [7, 11) is 0. The van der Waals surface area contributed by atoms with E-state index < -0.39 is 5.92 Å². The van der Waals surface area contributed by atoms with Crippen molar-refractivity contribution in [2.24, 2.45) is 11.3 Å². The minimum atomic E-state index is -2.54. The van der Waals surface area contributed by atoms with Crippen LogP contribution in [0.4, 0.5) is 8.78 Å². The highest BCUT2D eigenvalue weighted by atomic mass is 19.3. The lowest BCUT2D eigenvalue weighted by atomic mass is 9.56. The van der Waals surface area contributed by atoms with Crippen molar-refractivity contribution in [3.8, 4) is 0 Å². The Bertz CT molecular complexity index is 518. The lowest BCUT2D eigenvalue weighted by Crippen LogP contribution is -2.67. The highest BCUT2D eigenvalue weighted by Gasteiger charge is 2.55. The molecule has 3 aliphatic rings. The molecule has 3 nitrogen and oxygen atoms in total. The Morgan fingerprint density at radius 2 is 1.57 bits per heavy atom. The van der Waals surface area contributed by atoms with Crippen LogP contribution < -0.4 is 0 Å². The summed E-state index contributed by atoms with van der Waals surface area (Å²) in [5, 5.41) is 0. The van der Waals surface area contributed by atoms with E-state index in [1.54, 1.807) is 0 Å². The molecule has 0 N–H and O–H groups in total. The predicted octanol–water partition coefficient (Wildman–Crippen LogP) is 5.67. The third-order valence-electron chi connectivity index (χ3n) is 6.64. The van der Waals surface area contributed by atoms with Gasteiger partial charge in [-0.1, -0.05) is 0 Å². The van der Waals surface area contributed by atoms with Gasteiger partial charge in [-0.25, -0.2) is 8.78 Å². The van der Waals surface area contributed by atoms with Crippen LogP contribution in [0.1, 0.15) is 86.5 Å². The van der Waals surface area contributed by atoms with Gasteiger partial charge >= 0.3 is 0 Å². The first-order valence-electron chi connectivity index (χ1n) is 11.2. The quantitative estimate of drug-likeness (QED) is 0.490. The molecule has 3 rings (SSSR count). The highest BCUT2D eigenvalue weighted by molar-refractivity contribution is 5.07. The SMILES string of the molecule is CC(C)(C)OC1CC(OCCCC(F)(F)CC2CC3(C2)CN(C(C)(C)C)C3)C1. The standard InChI is InChI=1S/C23H41F2NO2/c1-20(2,3)26-15-22(16-26)12-17(13-22)14-23(24,25)8-7-9-27-18-10-19(11-18)28-21(4,5)6/h17-19H,7-16H2,1-6H3. The Morgan fingerprint density at radius 3 is 2.11 bits per heavy atom. The Balaban J connectivity index is 1.23. The van der Waals surface area contributed by atoms with E-state index >= 15 is 0 Å². The van der Waals surface area contributed by atoms with Gasteiger partial charge in [0.1, 0.15) is 0 Å². The number of hydrogen-bond acceptors (Lipinski definition) is 3. The molecule has 2 aliphatic carbocycles. The molecule has 164 valence electrons. The summed E-state index contributed by atoms with van der Waals surface area (Å²) in [4.78, 5) is 2.47. The summed E-state index contributed by atoms with van der Waals surface area (Å²) >= 11 is 0. The van der Waals surface area contributed by atoms with Crippen LogP contribution in [0.2, 0.25) is 0 Å². The molecular weight excluding hydrogens is 360 g/mol. The maximum atomic E-state index is 14.3. The van der Waals surface area contributed by atoms with Crippen LogP contribution in [-0.4, -0.2) is 53.9 Å². The van der Waals surface area contributed by atoms with E-state index in [1.807, 2.05) is 0 Å². The maximum Gasteiger partial charge on any atom is 0.248 e. The van der Waals surface area contributed by atoms with Crippen molar-refractivity contribution in [3.05, 3.63) is 0 Å². The van der Waals surface area contributed by atoms with Crippen molar-refractivity contribution in [3.63, 3.8) is 0 Å². The molecule has 0 atom stereocenters. The molecule has 28 heavy (non-hydrogen) atoms. The second-order valence-electron chi connectivity index (χ2n) is 11.8. The molecule has 3 fully saturated rings. The van der Waals surface area contributed by atoms with Crippen LogP contribution in [0.5, 0.6) is 0 Å². The van der Waals surface area contributed by atoms with Gasteiger partial charge in [-0.2, -0.15) is 0 Å². The summed E-state index contributed by atoms with van der Waals surface area (Å²) in [6.45, 7) is 15.5. The number of nitrogens with zero attached hydrogens (tertiary/aromatic N) is 1. The van der Waals surface area contributed by atoms with Gasteiger partial charge in [0.15, 0.2) is 0 Å². The minimum Gasteiger partial charge on any atom is -0.378 e. The highest BCUT2D eigenvalue weighted by Crippen LogP contribution is 2.56. The summed E-state index contributed by atoms with van der Waals surface area (Å²) in [5.41, 5.74) is 0.439. The fourth-order valence-corrected chi connectivity index (χ4v) is 5.16. The molecule has 0 amide bonds. The van der Waals surface area contributed by atoms with Crippen LogP contribution in [0, 0.1) is 11.3 Å². The number of alkyl halides is 2. The zero-order valence-corrected chi connectivity index (χ0v) is 18.8. The topological polar surface area (TPSA) is 21.7 Å². The Kier molecular flexibility index (Phi) is 6.23. The molecule has 0 radical (unpaired) electrons. The largest absolute Gasteiger partial charge is 0.378 e. The van der Waals surface area contributed by atoms with E-state index in [4.69, 9.17) is 9.47 Å². The Hall–Kier alpha value is -0.260. The molecule has 5 heteroatoms. The average Bonchev–Trinajstić information content (AvgIpc) is 2.38. The van der Waals surface area contributed by atoms with Gasteiger partial charge < -0.3 is 9.47 Å². The summed E-state index contributed by atoms with van der Waals surface area (Å²) < 4.78 is 40.3. The lowest BCUT2D eigenvalue weighted by molar-refractivity contribution is -0.156. The third kappa shape index (κ3) is 5.89. The molecule has 0 unspecified atom stereocenters. The van der Waals surface area contributed by atoms with Gasteiger partial charge in [0.25, 0.3) is 0 Å². The van der Waals surface area contributed by atoms with Crippen LogP contribution >= 0.6 is 0 Å². The zero-order valence-electron chi connectivity index (χ0n) is 18.8. The van der Waals surface area contributed by atoms with Gasteiger partial charge in [0, 0.05) is 38.1 Å². The fraction of sp³-hybridized carbons (Fsp3) is 1.00. The van der Waals surface area contributed by atoms with Crippen molar-refractivity contribution >= 4 is 0 Å². The summed E-state index contributed by atoms with van der Waals surface area (Å²) in [5.74, 6) is -2.33. The molecule has 1 aliphatic heterocycles. The smallest absolute Gasteiger partial charge is 0.248 e. The number of likely N-dealkylation sites (tertiary alicyclic amines) is 1. The first kappa shape index (κ1) is 22.4. The van der Waals surface area contributed by atoms with E-state index in [1.165, 1.54) is 0 Å². The molecule has 2 saturated carbocycles. The molecule has 0 aromatic rings.